The second-order valence-electron chi connectivity index (χ2n) is 4.73. The van der Waals surface area contributed by atoms with Gasteiger partial charge in [0.15, 0.2) is 0 Å². The lowest BCUT2D eigenvalue weighted by molar-refractivity contribution is 0.268. The van der Waals surface area contributed by atoms with Crippen molar-refractivity contribution in [2.24, 2.45) is 0 Å². The third-order valence-corrected chi connectivity index (χ3v) is 3.23. The third-order valence-electron chi connectivity index (χ3n) is 3.23. The molecule has 0 bridgehead atoms. The maximum absolute atomic E-state index is 8.78. The molecule has 5 nitrogen and oxygen atoms in total. The lowest BCUT2D eigenvalue weighted by Gasteiger charge is -2.12. The van der Waals surface area contributed by atoms with Gasteiger partial charge in [-0.1, -0.05) is 16.9 Å². The Balaban J connectivity index is 1.63. The highest BCUT2D eigenvalue weighted by Gasteiger charge is 2.04. The number of nitrogens with one attached hydrogen (secondary N) is 1. The quantitative estimate of drug-likeness (QED) is 0.565. The lowest BCUT2D eigenvalue weighted by Crippen LogP contribution is -2.16. The van der Waals surface area contributed by atoms with Crippen LogP contribution in [0.4, 0.5) is 0 Å². The minimum atomic E-state index is 0.102. The van der Waals surface area contributed by atoms with Gasteiger partial charge in [-0.3, -0.25) is 0 Å². The van der Waals surface area contributed by atoms with E-state index in [-0.39, 0.29) is 6.61 Å². The predicted octanol–water partition coefficient (Wildman–Crippen LogP) is 1.25. The molecule has 2 N–H and O–H groups in total. The summed E-state index contributed by atoms with van der Waals surface area (Å²) < 4.78 is 1.67. The van der Waals surface area contributed by atoms with Gasteiger partial charge < -0.3 is 10.4 Å². The molecule has 0 fully saturated rings. The Hall–Kier alpha value is -1.20. The Morgan fingerprint density at radius 3 is 3.11 bits per heavy atom. The van der Waals surface area contributed by atoms with Gasteiger partial charge in [-0.25, -0.2) is 4.68 Å². The number of hydrogen-bond acceptors (Lipinski definition) is 4. The predicted molar refractivity (Wildman–Crippen MR) is 70.0 cm³/mol. The van der Waals surface area contributed by atoms with Gasteiger partial charge in [-0.15, -0.1) is 5.10 Å². The highest BCUT2D eigenvalue weighted by Crippen LogP contribution is 2.19. The second-order valence-corrected chi connectivity index (χ2v) is 4.73. The molecule has 1 heterocycles. The van der Waals surface area contributed by atoms with Crippen LogP contribution in [-0.4, -0.2) is 33.3 Å². The van der Waals surface area contributed by atoms with E-state index in [1.54, 1.807) is 10.3 Å². The lowest BCUT2D eigenvalue weighted by atomic mass is 9.97. The molecule has 0 atom stereocenters. The third kappa shape index (κ3) is 4.23. The van der Waals surface area contributed by atoms with E-state index in [9.17, 15) is 0 Å². The summed E-state index contributed by atoms with van der Waals surface area (Å²) in [6.45, 7) is 2.36. The molecule has 18 heavy (non-hydrogen) atoms. The SMILES string of the molecule is OCCn1cc(CNCCC2=CCCCC2)nn1. The summed E-state index contributed by atoms with van der Waals surface area (Å²) in [5, 5.41) is 20.1. The molecule has 2 rings (SSSR count). The normalized spacial score (nSPS) is 15.7. The van der Waals surface area contributed by atoms with Gasteiger partial charge in [-0.2, -0.15) is 0 Å². The monoisotopic (exact) mass is 250 g/mol. The molecule has 0 aliphatic heterocycles. The molecular formula is C13H22N4O. The number of nitrogens with zero attached hydrogens (tertiary/aromatic N) is 3. The summed E-state index contributed by atoms with van der Waals surface area (Å²) in [5.74, 6) is 0. The molecule has 0 saturated heterocycles. The molecule has 5 heteroatoms. The molecule has 0 saturated carbocycles. The van der Waals surface area contributed by atoms with Gasteiger partial charge in [0.05, 0.1) is 18.8 Å². The standard InChI is InChI=1S/C13H22N4O/c18-9-8-17-11-13(15-16-17)10-14-7-6-12-4-2-1-3-5-12/h4,11,14,18H,1-3,5-10H2. The zero-order valence-corrected chi connectivity index (χ0v) is 10.8. The first-order valence-electron chi connectivity index (χ1n) is 6.77. The Bertz CT molecular complexity index is 386. The van der Waals surface area contributed by atoms with Crippen molar-refractivity contribution in [2.45, 2.75) is 45.2 Å². The van der Waals surface area contributed by atoms with Crippen molar-refractivity contribution < 1.29 is 5.11 Å². The summed E-state index contributed by atoms with van der Waals surface area (Å²) in [5.41, 5.74) is 2.53. The molecule has 1 aliphatic carbocycles. The molecule has 1 aromatic heterocycles. The molecule has 1 aromatic rings. The number of rotatable bonds is 7. The maximum atomic E-state index is 8.78. The van der Waals surface area contributed by atoms with Crippen LogP contribution < -0.4 is 5.32 Å². The Labute approximate surface area is 108 Å². The minimum absolute atomic E-state index is 0.102. The highest BCUT2D eigenvalue weighted by molar-refractivity contribution is 5.05. The van der Waals surface area contributed by atoms with Crippen molar-refractivity contribution in [3.63, 3.8) is 0 Å². The second kappa shape index (κ2) is 7.28. The van der Waals surface area contributed by atoms with Crippen LogP contribution in [0.5, 0.6) is 0 Å². The van der Waals surface area contributed by atoms with Gasteiger partial charge in [0.1, 0.15) is 0 Å². The van der Waals surface area contributed by atoms with Gasteiger partial charge in [-0.05, 0) is 38.6 Å². The first-order valence-corrected chi connectivity index (χ1v) is 6.77. The van der Waals surface area contributed by atoms with Crippen molar-refractivity contribution in [1.82, 2.24) is 20.3 Å². The van der Waals surface area contributed by atoms with E-state index in [1.165, 1.54) is 25.7 Å². The van der Waals surface area contributed by atoms with Gasteiger partial charge in [0.2, 0.25) is 0 Å². The van der Waals surface area contributed by atoms with Crippen molar-refractivity contribution >= 4 is 0 Å². The van der Waals surface area contributed by atoms with E-state index in [2.05, 4.69) is 21.7 Å². The van der Waals surface area contributed by atoms with Crippen molar-refractivity contribution in [3.8, 4) is 0 Å². The topological polar surface area (TPSA) is 63.0 Å². The first kappa shape index (κ1) is 13.2. The minimum Gasteiger partial charge on any atom is -0.394 e. The van der Waals surface area contributed by atoms with Crippen molar-refractivity contribution in [2.75, 3.05) is 13.2 Å². The fourth-order valence-electron chi connectivity index (χ4n) is 2.23. The van der Waals surface area contributed by atoms with E-state index in [4.69, 9.17) is 5.11 Å². The fraction of sp³-hybridized carbons (Fsp3) is 0.692. The molecule has 0 aromatic carbocycles. The Morgan fingerprint density at radius 1 is 1.39 bits per heavy atom. The summed E-state index contributed by atoms with van der Waals surface area (Å²) in [7, 11) is 0. The number of aliphatic hydroxyl groups is 1. The van der Waals surface area contributed by atoms with E-state index < -0.39 is 0 Å². The van der Waals surface area contributed by atoms with Crippen LogP contribution in [0.15, 0.2) is 17.8 Å². The fourth-order valence-corrected chi connectivity index (χ4v) is 2.23. The number of hydrogen-bond donors (Lipinski definition) is 2. The van der Waals surface area contributed by atoms with Crippen molar-refractivity contribution in [1.29, 1.82) is 0 Å². The van der Waals surface area contributed by atoms with Crippen LogP contribution in [0.1, 0.15) is 37.8 Å². The summed E-state index contributed by atoms with van der Waals surface area (Å²) in [4.78, 5) is 0. The average molecular weight is 250 g/mol. The number of allylic oxidation sites excluding steroid dienone is 1. The van der Waals surface area contributed by atoms with Crippen LogP contribution in [0.25, 0.3) is 0 Å². The van der Waals surface area contributed by atoms with E-state index in [0.29, 0.717) is 6.54 Å². The van der Waals surface area contributed by atoms with Crippen LogP contribution >= 0.6 is 0 Å². The first-order chi connectivity index (χ1) is 8.88. The summed E-state index contributed by atoms with van der Waals surface area (Å²) in [6, 6.07) is 0. The molecule has 0 radical (unpaired) electrons. The molecule has 0 amide bonds. The number of aromatic nitrogens is 3. The number of aliphatic hydroxyl groups excluding tert-OH is 1. The van der Waals surface area contributed by atoms with Crippen LogP contribution in [0.2, 0.25) is 0 Å². The van der Waals surface area contributed by atoms with E-state index in [1.807, 2.05) is 6.20 Å². The smallest absolute Gasteiger partial charge is 0.0964 e. The van der Waals surface area contributed by atoms with Gasteiger partial charge in [0, 0.05) is 12.7 Å². The van der Waals surface area contributed by atoms with Crippen LogP contribution in [-0.2, 0) is 13.1 Å². The van der Waals surface area contributed by atoms with Crippen LogP contribution in [0, 0.1) is 0 Å². The van der Waals surface area contributed by atoms with Crippen molar-refractivity contribution in [3.05, 3.63) is 23.5 Å². The Morgan fingerprint density at radius 2 is 2.33 bits per heavy atom. The summed E-state index contributed by atoms with van der Waals surface area (Å²) >= 11 is 0. The molecule has 0 unspecified atom stereocenters. The zero-order valence-electron chi connectivity index (χ0n) is 10.8. The molecule has 0 spiro atoms. The zero-order chi connectivity index (χ0) is 12.6. The summed E-state index contributed by atoms with van der Waals surface area (Å²) in [6.07, 6.45) is 10.6. The van der Waals surface area contributed by atoms with E-state index in [0.717, 1.165) is 25.2 Å². The molecular weight excluding hydrogens is 228 g/mol. The Kier molecular flexibility index (Phi) is 5.36. The highest BCUT2D eigenvalue weighted by atomic mass is 16.3. The van der Waals surface area contributed by atoms with Gasteiger partial charge >= 0.3 is 0 Å². The molecule has 100 valence electrons. The average Bonchev–Trinajstić information content (AvgIpc) is 2.84. The largest absolute Gasteiger partial charge is 0.394 e. The molecule has 1 aliphatic rings. The maximum Gasteiger partial charge on any atom is 0.0964 e. The van der Waals surface area contributed by atoms with E-state index >= 15 is 0 Å². The van der Waals surface area contributed by atoms with Crippen LogP contribution in [0.3, 0.4) is 0 Å². The van der Waals surface area contributed by atoms with Gasteiger partial charge in [0.25, 0.3) is 0 Å².